The maximum absolute atomic E-state index is 13.2. The van der Waals surface area contributed by atoms with Crippen LogP contribution in [0.15, 0.2) is 24.3 Å². The van der Waals surface area contributed by atoms with Gasteiger partial charge in [0.15, 0.2) is 5.78 Å². The fourth-order valence-corrected chi connectivity index (χ4v) is 5.93. The number of piperidine rings is 1. The van der Waals surface area contributed by atoms with Gasteiger partial charge >= 0.3 is 0 Å². The molecule has 2 aromatic heterocycles. The Hall–Kier alpha value is -1.66. The van der Waals surface area contributed by atoms with Crippen LogP contribution in [0.4, 0.5) is 0 Å². The number of benzene rings is 1. The van der Waals surface area contributed by atoms with Gasteiger partial charge in [-0.3, -0.25) is 9.69 Å². The Morgan fingerprint density at radius 3 is 2.72 bits per heavy atom. The summed E-state index contributed by atoms with van der Waals surface area (Å²) >= 11 is 14.4. The second-order valence-electron chi connectivity index (χ2n) is 7.81. The van der Waals surface area contributed by atoms with Crippen LogP contribution >= 0.6 is 34.5 Å². The first-order valence-electron chi connectivity index (χ1n) is 9.94. The van der Waals surface area contributed by atoms with Gasteiger partial charge in [-0.2, -0.15) is 5.10 Å². The third-order valence-corrected chi connectivity index (χ3v) is 7.31. The van der Waals surface area contributed by atoms with Gasteiger partial charge in [0.05, 0.1) is 22.9 Å². The van der Waals surface area contributed by atoms with Crippen molar-refractivity contribution in [2.45, 2.75) is 32.6 Å². The minimum atomic E-state index is 0.0962. The average molecular weight is 446 g/mol. The van der Waals surface area contributed by atoms with Crippen molar-refractivity contribution >= 4 is 40.3 Å². The molecule has 3 aromatic rings. The standard InChI is InChI=1S/C22H21Cl2N3OS/c1-13-9-15-20(29-13)11-16-21(19(28)12-26-7-3-2-4-8-26)25-27(22(15)16)18-6-5-14(23)10-17(18)24/h5-6,9-10H,2-4,7-8,11-12H2,1H3. The number of likely N-dealkylation sites (tertiary alicyclic amines) is 1. The van der Waals surface area contributed by atoms with Gasteiger partial charge < -0.3 is 0 Å². The molecule has 2 aliphatic rings. The lowest BCUT2D eigenvalue weighted by molar-refractivity contribution is 0.0909. The summed E-state index contributed by atoms with van der Waals surface area (Å²) in [5, 5.41) is 5.89. The van der Waals surface area contributed by atoms with E-state index in [0.29, 0.717) is 22.3 Å². The number of carbonyl (C=O) groups is 1. The van der Waals surface area contributed by atoms with Gasteiger partial charge in [0.1, 0.15) is 5.69 Å². The molecule has 150 valence electrons. The quantitative estimate of drug-likeness (QED) is 0.373. The molecular formula is C22H21Cl2N3OS. The predicted octanol–water partition coefficient (Wildman–Crippen LogP) is 5.79. The van der Waals surface area contributed by atoms with Crippen molar-refractivity contribution in [2.75, 3.05) is 19.6 Å². The van der Waals surface area contributed by atoms with Gasteiger partial charge in [-0.25, -0.2) is 4.68 Å². The Kier molecular flexibility index (Phi) is 5.03. The number of hydrogen-bond donors (Lipinski definition) is 0. The SMILES string of the molecule is Cc1cc2c(s1)Cc1c(C(=O)CN3CCCCC3)nn(-c3ccc(Cl)cc3Cl)c1-2. The number of nitrogens with zero attached hydrogens (tertiary/aromatic N) is 3. The molecule has 7 heteroatoms. The molecule has 0 atom stereocenters. The number of ketones is 1. The van der Waals surface area contributed by atoms with E-state index >= 15 is 0 Å². The van der Waals surface area contributed by atoms with Gasteiger partial charge in [-0.15, -0.1) is 11.3 Å². The summed E-state index contributed by atoms with van der Waals surface area (Å²) in [5.74, 6) is 0.0962. The maximum Gasteiger partial charge on any atom is 0.197 e. The van der Waals surface area contributed by atoms with Crippen molar-refractivity contribution in [3.63, 3.8) is 0 Å². The van der Waals surface area contributed by atoms with Crippen LogP contribution in [-0.4, -0.2) is 40.1 Å². The van der Waals surface area contributed by atoms with E-state index in [0.717, 1.165) is 54.9 Å². The minimum absolute atomic E-state index is 0.0962. The van der Waals surface area contributed by atoms with Gasteiger partial charge in [-0.1, -0.05) is 29.6 Å². The number of thiophene rings is 1. The first kappa shape index (κ1) is 19.3. The highest BCUT2D eigenvalue weighted by Gasteiger charge is 2.33. The second kappa shape index (κ2) is 7.55. The van der Waals surface area contributed by atoms with Crippen molar-refractivity contribution in [1.82, 2.24) is 14.7 Å². The third-order valence-electron chi connectivity index (χ3n) is 5.73. The molecule has 5 rings (SSSR count). The normalized spacial score (nSPS) is 16.1. The summed E-state index contributed by atoms with van der Waals surface area (Å²) in [6.45, 7) is 4.53. The van der Waals surface area contributed by atoms with E-state index in [9.17, 15) is 4.79 Å². The van der Waals surface area contributed by atoms with Crippen LogP contribution < -0.4 is 0 Å². The number of fused-ring (bicyclic) bond motifs is 3. The van der Waals surface area contributed by atoms with Gasteiger partial charge in [0.2, 0.25) is 0 Å². The highest BCUT2D eigenvalue weighted by molar-refractivity contribution is 7.12. The van der Waals surface area contributed by atoms with E-state index < -0.39 is 0 Å². The first-order chi connectivity index (χ1) is 14.0. The molecule has 1 aliphatic carbocycles. The molecule has 29 heavy (non-hydrogen) atoms. The van der Waals surface area contributed by atoms with Gasteiger partial charge in [0, 0.05) is 32.3 Å². The van der Waals surface area contributed by atoms with E-state index in [1.807, 2.05) is 10.7 Å². The smallest absolute Gasteiger partial charge is 0.197 e. The van der Waals surface area contributed by atoms with E-state index in [1.165, 1.54) is 16.2 Å². The Morgan fingerprint density at radius 1 is 1.17 bits per heavy atom. The molecule has 0 amide bonds. The largest absolute Gasteiger partial charge is 0.296 e. The van der Waals surface area contributed by atoms with Crippen LogP contribution in [0.1, 0.15) is 45.1 Å². The zero-order valence-electron chi connectivity index (χ0n) is 16.2. The molecular weight excluding hydrogens is 425 g/mol. The summed E-state index contributed by atoms with van der Waals surface area (Å²) in [5.41, 5.74) is 4.52. The first-order valence-corrected chi connectivity index (χ1v) is 11.5. The molecule has 0 N–H and O–H groups in total. The number of rotatable bonds is 4. The molecule has 1 fully saturated rings. The van der Waals surface area contributed by atoms with Crippen molar-refractivity contribution in [3.05, 3.63) is 55.3 Å². The molecule has 0 unspecified atom stereocenters. The number of aromatic nitrogens is 2. The number of aryl methyl sites for hydroxylation is 1. The van der Waals surface area contributed by atoms with Crippen LogP contribution in [0, 0.1) is 6.92 Å². The number of carbonyl (C=O) groups excluding carboxylic acids is 1. The van der Waals surface area contributed by atoms with E-state index in [-0.39, 0.29) is 5.78 Å². The Morgan fingerprint density at radius 2 is 1.97 bits per heavy atom. The predicted molar refractivity (Wildman–Crippen MR) is 119 cm³/mol. The summed E-state index contributed by atoms with van der Waals surface area (Å²) in [4.78, 5) is 18.0. The van der Waals surface area contributed by atoms with Crippen molar-refractivity contribution < 1.29 is 4.79 Å². The summed E-state index contributed by atoms with van der Waals surface area (Å²) in [6, 6.07) is 7.58. The Balaban J connectivity index is 1.60. The van der Waals surface area contributed by atoms with Crippen molar-refractivity contribution in [1.29, 1.82) is 0 Å². The molecule has 0 bridgehead atoms. The molecule has 0 saturated carbocycles. The van der Waals surface area contributed by atoms with E-state index in [4.69, 9.17) is 28.3 Å². The fraction of sp³-hybridized carbons (Fsp3) is 0.364. The zero-order chi connectivity index (χ0) is 20.1. The lowest BCUT2D eigenvalue weighted by atomic mass is 10.1. The summed E-state index contributed by atoms with van der Waals surface area (Å²) < 4.78 is 1.84. The summed E-state index contributed by atoms with van der Waals surface area (Å²) in [6.07, 6.45) is 4.34. The zero-order valence-corrected chi connectivity index (χ0v) is 18.5. The number of halogens is 2. The third kappa shape index (κ3) is 3.44. The summed E-state index contributed by atoms with van der Waals surface area (Å²) in [7, 11) is 0. The molecule has 1 aromatic carbocycles. The molecule has 0 radical (unpaired) electrons. The Labute approximate surface area is 184 Å². The van der Waals surface area contributed by atoms with Crippen LogP contribution in [0.5, 0.6) is 0 Å². The van der Waals surface area contributed by atoms with E-state index in [2.05, 4.69) is 17.9 Å². The molecule has 0 spiro atoms. The van der Waals surface area contributed by atoms with Gasteiger partial charge in [-0.05, 0) is 57.1 Å². The average Bonchev–Trinajstić information content (AvgIpc) is 3.32. The molecule has 4 nitrogen and oxygen atoms in total. The second-order valence-corrected chi connectivity index (χ2v) is 10.00. The highest BCUT2D eigenvalue weighted by Crippen LogP contribution is 2.44. The number of Topliss-reactive ketones (excluding diaryl/α,β-unsaturated/α-hetero) is 1. The van der Waals surface area contributed by atoms with Crippen LogP contribution in [0.3, 0.4) is 0 Å². The van der Waals surface area contributed by atoms with Gasteiger partial charge in [0.25, 0.3) is 0 Å². The monoisotopic (exact) mass is 445 g/mol. The Bertz CT molecular complexity index is 1110. The maximum atomic E-state index is 13.2. The lowest BCUT2D eigenvalue weighted by Gasteiger charge is -2.25. The minimum Gasteiger partial charge on any atom is -0.296 e. The lowest BCUT2D eigenvalue weighted by Crippen LogP contribution is -2.34. The molecule has 1 saturated heterocycles. The van der Waals surface area contributed by atoms with Crippen LogP contribution in [-0.2, 0) is 6.42 Å². The van der Waals surface area contributed by atoms with Crippen LogP contribution in [0.25, 0.3) is 16.9 Å². The van der Waals surface area contributed by atoms with Crippen LogP contribution in [0.2, 0.25) is 10.0 Å². The van der Waals surface area contributed by atoms with Crippen molar-refractivity contribution in [2.24, 2.45) is 0 Å². The fourth-order valence-electron chi connectivity index (χ4n) is 4.40. The topological polar surface area (TPSA) is 38.1 Å². The molecule has 3 heterocycles. The van der Waals surface area contributed by atoms with Crippen molar-refractivity contribution in [3.8, 4) is 16.9 Å². The highest BCUT2D eigenvalue weighted by atomic mass is 35.5. The molecule has 1 aliphatic heterocycles. The number of hydrogen-bond acceptors (Lipinski definition) is 4. The van der Waals surface area contributed by atoms with E-state index in [1.54, 1.807) is 23.5 Å².